The minimum atomic E-state index is -0.138. The molecular weight excluding hydrogens is 368 g/mol. The molecule has 0 fully saturated rings. The van der Waals surface area contributed by atoms with E-state index in [1.807, 2.05) is 36.4 Å². The van der Waals surface area contributed by atoms with Crippen LogP contribution in [0.15, 0.2) is 36.4 Å². The lowest BCUT2D eigenvalue weighted by Gasteiger charge is -2.21. The molecule has 6 nitrogen and oxygen atoms in total. The van der Waals surface area contributed by atoms with Crippen molar-refractivity contribution in [2.45, 2.75) is 13.0 Å². The zero-order valence-corrected chi connectivity index (χ0v) is 16.2. The molecule has 2 amide bonds. The van der Waals surface area contributed by atoms with E-state index in [0.717, 1.165) is 16.9 Å². The van der Waals surface area contributed by atoms with E-state index < -0.39 is 0 Å². The van der Waals surface area contributed by atoms with Gasteiger partial charge in [-0.05, 0) is 41.8 Å². The Morgan fingerprint density at radius 2 is 2.04 bits per heavy atom. The molecule has 1 aliphatic rings. The van der Waals surface area contributed by atoms with Gasteiger partial charge in [0.1, 0.15) is 19.0 Å². The van der Waals surface area contributed by atoms with Gasteiger partial charge in [-0.2, -0.15) is 0 Å². The predicted octanol–water partition coefficient (Wildman–Crippen LogP) is 3.50. The van der Waals surface area contributed by atoms with Gasteiger partial charge in [-0.1, -0.05) is 23.7 Å². The van der Waals surface area contributed by atoms with Crippen molar-refractivity contribution in [3.8, 4) is 17.2 Å². The highest BCUT2D eigenvalue weighted by molar-refractivity contribution is 6.32. The number of carbonyl (C=O) groups is 1. The van der Waals surface area contributed by atoms with Crippen LogP contribution in [0, 0.1) is 0 Å². The van der Waals surface area contributed by atoms with E-state index in [1.165, 1.54) is 0 Å². The molecule has 2 aromatic rings. The van der Waals surface area contributed by atoms with Crippen molar-refractivity contribution in [3.05, 3.63) is 52.5 Å². The first-order valence-corrected chi connectivity index (χ1v) is 9.14. The molecule has 7 heteroatoms. The van der Waals surface area contributed by atoms with Crippen LogP contribution in [-0.2, 0) is 13.0 Å². The first kappa shape index (κ1) is 19.2. The zero-order valence-electron chi connectivity index (χ0n) is 15.5. The minimum absolute atomic E-state index is 0.138. The molecule has 0 bridgehead atoms. The normalized spacial score (nSPS) is 12.4. The quantitative estimate of drug-likeness (QED) is 0.820. The smallest absolute Gasteiger partial charge is 0.317 e. The van der Waals surface area contributed by atoms with Gasteiger partial charge in [-0.25, -0.2) is 4.79 Å². The molecule has 2 aromatic carbocycles. The third kappa shape index (κ3) is 4.98. The summed E-state index contributed by atoms with van der Waals surface area (Å²) in [4.78, 5) is 13.9. The average molecular weight is 391 g/mol. The summed E-state index contributed by atoms with van der Waals surface area (Å²) in [5, 5.41) is 3.45. The Kier molecular flexibility index (Phi) is 6.29. The molecule has 0 aliphatic carbocycles. The summed E-state index contributed by atoms with van der Waals surface area (Å²) in [7, 11) is 3.38. The van der Waals surface area contributed by atoms with Gasteiger partial charge in [0.05, 0.1) is 12.1 Å². The fourth-order valence-electron chi connectivity index (χ4n) is 2.87. The third-order valence-electron chi connectivity index (χ3n) is 4.25. The number of methoxy groups -OCH3 is 1. The van der Waals surface area contributed by atoms with Crippen LogP contribution >= 0.6 is 11.6 Å². The number of nitrogens with zero attached hydrogens (tertiary/aromatic N) is 1. The number of rotatable bonds is 6. The van der Waals surface area contributed by atoms with Crippen molar-refractivity contribution in [2.24, 2.45) is 0 Å². The summed E-state index contributed by atoms with van der Waals surface area (Å²) in [6.45, 7) is 2.01. The maximum atomic E-state index is 12.3. The number of hydrogen-bond acceptors (Lipinski definition) is 4. The number of ether oxygens (including phenoxy) is 3. The first-order valence-electron chi connectivity index (χ1n) is 8.76. The van der Waals surface area contributed by atoms with Crippen molar-refractivity contribution >= 4 is 17.6 Å². The fourth-order valence-corrected chi connectivity index (χ4v) is 3.16. The van der Waals surface area contributed by atoms with Gasteiger partial charge in [0.25, 0.3) is 0 Å². The molecule has 1 aliphatic heterocycles. The lowest BCUT2D eigenvalue weighted by atomic mass is 10.1. The van der Waals surface area contributed by atoms with Gasteiger partial charge in [0.2, 0.25) is 0 Å². The van der Waals surface area contributed by atoms with Gasteiger partial charge in [-0.3, -0.25) is 0 Å². The summed E-state index contributed by atoms with van der Waals surface area (Å²) in [6, 6.07) is 11.3. The number of fused-ring (bicyclic) bond motifs is 1. The first-order chi connectivity index (χ1) is 13.1. The van der Waals surface area contributed by atoms with Crippen LogP contribution in [0.5, 0.6) is 17.2 Å². The molecule has 0 saturated carbocycles. The van der Waals surface area contributed by atoms with Gasteiger partial charge >= 0.3 is 6.03 Å². The number of nitrogens with one attached hydrogen (secondary N) is 1. The highest BCUT2D eigenvalue weighted by Crippen LogP contribution is 2.38. The second-order valence-electron chi connectivity index (χ2n) is 6.29. The Morgan fingerprint density at radius 3 is 2.85 bits per heavy atom. The lowest BCUT2D eigenvalue weighted by molar-refractivity contribution is 0.171. The molecule has 0 unspecified atom stereocenters. The fraction of sp³-hybridized carbons (Fsp3) is 0.350. The Balaban J connectivity index is 1.51. The lowest BCUT2D eigenvalue weighted by Crippen LogP contribution is -2.37. The Hall–Kier alpha value is -2.60. The summed E-state index contributed by atoms with van der Waals surface area (Å²) < 4.78 is 16.3. The van der Waals surface area contributed by atoms with Crippen molar-refractivity contribution < 1.29 is 19.0 Å². The van der Waals surface area contributed by atoms with Crippen LogP contribution in [-0.4, -0.2) is 44.8 Å². The maximum absolute atomic E-state index is 12.3. The summed E-state index contributed by atoms with van der Waals surface area (Å²) >= 11 is 6.24. The van der Waals surface area contributed by atoms with E-state index >= 15 is 0 Å². The van der Waals surface area contributed by atoms with Crippen molar-refractivity contribution in [1.29, 1.82) is 0 Å². The van der Waals surface area contributed by atoms with Crippen molar-refractivity contribution in [2.75, 3.05) is 33.9 Å². The zero-order chi connectivity index (χ0) is 19.2. The molecule has 0 atom stereocenters. The van der Waals surface area contributed by atoms with Crippen LogP contribution in [0.3, 0.4) is 0 Å². The average Bonchev–Trinajstić information content (AvgIpc) is 2.68. The predicted molar refractivity (Wildman–Crippen MR) is 104 cm³/mol. The second kappa shape index (κ2) is 8.86. The van der Waals surface area contributed by atoms with Crippen LogP contribution < -0.4 is 19.5 Å². The van der Waals surface area contributed by atoms with Crippen molar-refractivity contribution in [3.63, 3.8) is 0 Å². The van der Waals surface area contributed by atoms with E-state index in [2.05, 4.69) is 5.32 Å². The molecule has 0 saturated heterocycles. The largest absolute Gasteiger partial charge is 0.497 e. The molecule has 1 N–H and O–H groups in total. The summed E-state index contributed by atoms with van der Waals surface area (Å²) in [5.74, 6) is 2.02. The van der Waals surface area contributed by atoms with E-state index in [-0.39, 0.29) is 6.03 Å². The summed E-state index contributed by atoms with van der Waals surface area (Å²) in [6.07, 6.45) is 0.648. The monoisotopic (exact) mass is 390 g/mol. The molecule has 27 heavy (non-hydrogen) atoms. The van der Waals surface area contributed by atoms with E-state index in [1.54, 1.807) is 19.1 Å². The van der Waals surface area contributed by atoms with E-state index in [0.29, 0.717) is 49.2 Å². The topological polar surface area (TPSA) is 60.0 Å². The van der Waals surface area contributed by atoms with Crippen LogP contribution in [0.1, 0.15) is 11.1 Å². The summed E-state index contributed by atoms with van der Waals surface area (Å²) in [5.41, 5.74) is 1.99. The Bertz CT molecular complexity index is 813. The standard InChI is InChI=1S/C20H23ClN2O4/c1-23(13-15-4-3-5-16(10-15)25-2)20(24)22-7-6-14-11-17(21)19-18(12-14)26-8-9-27-19/h3-5,10-12H,6-9,13H2,1-2H3,(H,22,24). The number of amides is 2. The second-order valence-corrected chi connectivity index (χ2v) is 6.70. The molecule has 144 valence electrons. The van der Waals surface area contributed by atoms with E-state index in [4.69, 9.17) is 25.8 Å². The number of halogens is 1. The Morgan fingerprint density at radius 1 is 1.22 bits per heavy atom. The highest BCUT2D eigenvalue weighted by Gasteiger charge is 2.17. The molecule has 1 heterocycles. The number of hydrogen-bond donors (Lipinski definition) is 1. The van der Waals surface area contributed by atoms with Crippen LogP contribution in [0.2, 0.25) is 5.02 Å². The SMILES string of the molecule is COc1cccc(CN(C)C(=O)NCCc2cc(Cl)c3c(c2)OCCO3)c1. The van der Waals surface area contributed by atoms with Gasteiger partial charge < -0.3 is 24.4 Å². The number of urea groups is 1. The van der Waals surface area contributed by atoms with Crippen LogP contribution in [0.25, 0.3) is 0 Å². The molecule has 3 rings (SSSR count). The maximum Gasteiger partial charge on any atom is 0.317 e. The van der Waals surface area contributed by atoms with Crippen molar-refractivity contribution in [1.82, 2.24) is 10.2 Å². The van der Waals surface area contributed by atoms with Gasteiger partial charge in [0, 0.05) is 20.1 Å². The Labute approximate surface area is 164 Å². The molecule has 0 radical (unpaired) electrons. The van der Waals surface area contributed by atoms with Gasteiger partial charge in [0.15, 0.2) is 11.5 Å². The van der Waals surface area contributed by atoms with Crippen LogP contribution in [0.4, 0.5) is 4.79 Å². The van der Waals surface area contributed by atoms with Gasteiger partial charge in [-0.15, -0.1) is 0 Å². The number of carbonyl (C=O) groups excluding carboxylic acids is 1. The molecule has 0 aromatic heterocycles. The third-order valence-corrected chi connectivity index (χ3v) is 4.53. The van der Waals surface area contributed by atoms with E-state index in [9.17, 15) is 4.79 Å². The highest BCUT2D eigenvalue weighted by atomic mass is 35.5. The molecule has 0 spiro atoms. The minimum Gasteiger partial charge on any atom is -0.497 e. The number of benzene rings is 2. The molecular formula is C20H23ClN2O4.